The third kappa shape index (κ3) is 6.97. The van der Waals surface area contributed by atoms with Gasteiger partial charge >= 0.3 is 6.09 Å². The number of hydrogen-bond donors (Lipinski definition) is 2. The van der Waals surface area contributed by atoms with E-state index in [-0.39, 0.29) is 27.8 Å². The average Bonchev–Trinajstić information content (AvgIpc) is 3.49. The van der Waals surface area contributed by atoms with Crippen LogP contribution in [0.3, 0.4) is 0 Å². The first kappa shape index (κ1) is 29.3. The van der Waals surface area contributed by atoms with E-state index in [1.165, 1.54) is 19.1 Å². The molecule has 1 aliphatic heterocycles. The molecule has 1 aliphatic rings. The number of sulfonamides is 1. The number of nitrogens with zero attached hydrogens (tertiary/aromatic N) is 2. The fourth-order valence-electron chi connectivity index (χ4n) is 3.77. The second-order valence-corrected chi connectivity index (χ2v) is 10.8. The number of carbonyl (C=O) groups excluding carboxylic acids is 4. The second kappa shape index (κ2) is 13.0. The molecule has 12 nitrogen and oxygen atoms in total. The zero-order valence-electron chi connectivity index (χ0n) is 20.9. The van der Waals surface area contributed by atoms with Crippen molar-refractivity contribution in [1.29, 1.82) is 0 Å². The van der Waals surface area contributed by atoms with Gasteiger partial charge in [-0.1, -0.05) is 50.6 Å². The normalized spacial score (nSPS) is 16.4. The number of unbranched alkanes of at least 4 members (excludes halogenated alkanes) is 5. The lowest BCUT2D eigenvalue weighted by Crippen LogP contribution is -2.52. The number of carbonyl (C=O) groups is 4. The van der Waals surface area contributed by atoms with E-state index in [1.54, 1.807) is 0 Å². The van der Waals surface area contributed by atoms with Gasteiger partial charge in [0.2, 0.25) is 15.8 Å². The van der Waals surface area contributed by atoms with Crippen molar-refractivity contribution < 1.29 is 36.7 Å². The third-order valence-electron chi connectivity index (χ3n) is 5.83. The number of ether oxygens (including phenoxy) is 1. The van der Waals surface area contributed by atoms with Crippen molar-refractivity contribution in [1.82, 2.24) is 14.6 Å². The Hall–Kier alpha value is -3.29. The van der Waals surface area contributed by atoms with Crippen molar-refractivity contribution in [3.8, 4) is 0 Å². The van der Waals surface area contributed by atoms with Crippen molar-refractivity contribution in [3.63, 3.8) is 0 Å². The summed E-state index contributed by atoms with van der Waals surface area (Å²) in [5.41, 5.74) is -0.341. The first-order chi connectivity index (χ1) is 18.1. The fraction of sp³-hybridized carbons (Fsp3) is 0.458. The van der Waals surface area contributed by atoms with Crippen molar-refractivity contribution in [2.45, 2.75) is 69.4 Å². The predicted octanol–water partition coefficient (Wildman–Crippen LogP) is 3.52. The Kier molecular flexibility index (Phi) is 10.00. The molecule has 0 radical (unpaired) electrons. The second-order valence-electron chi connectivity index (χ2n) is 8.67. The summed E-state index contributed by atoms with van der Waals surface area (Å²) in [7, 11) is -3.85. The topological polar surface area (TPSA) is 165 Å². The smallest absolute Gasteiger partial charge is 0.418 e. The minimum atomic E-state index is -3.85. The number of Topliss-reactive ketones (excluding diaryl/α,β-unsaturated/α-hetero) is 1. The summed E-state index contributed by atoms with van der Waals surface area (Å²) in [6.07, 6.45) is 5.58. The van der Waals surface area contributed by atoms with Crippen molar-refractivity contribution in [2.75, 3.05) is 11.9 Å². The highest BCUT2D eigenvalue weighted by atomic mass is 35.5. The average molecular weight is 569 g/mol. The highest BCUT2D eigenvalue weighted by Crippen LogP contribution is 2.27. The molecular formula is C24H29ClN4O8S. The van der Waals surface area contributed by atoms with Crippen LogP contribution in [0.15, 0.2) is 40.2 Å². The number of anilines is 1. The monoisotopic (exact) mass is 568 g/mol. The van der Waals surface area contributed by atoms with E-state index < -0.39 is 45.9 Å². The van der Waals surface area contributed by atoms with Gasteiger partial charge in [0, 0.05) is 6.54 Å². The van der Waals surface area contributed by atoms with E-state index in [9.17, 15) is 27.6 Å². The number of aromatic nitrogens is 1. The van der Waals surface area contributed by atoms with Gasteiger partial charge in [0.05, 0.1) is 15.6 Å². The van der Waals surface area contributed by atoms with E-state index in [0.29, 0.717) is 11.3 Å². The first-order valence-electron chi connectivity index (χ1n) is 12.1. The van der Waals surface area contributed by atoms with Crippen molar-refractivity contribution >= 4 is 51.0 Å². The van der Waals surface area contributed by atoms with E-state index >= 15 is 0 Å². The number of amides is 3. The molecule has 2 atom stereocenters. The highest BCUT2D eigenvalue weighted by molar-refractivity contribution is 7.89. The number of cyclic esters (lactones) is 1. The number of nitrogens with one attached hydrogen (secondary N) is 2. The Morgan fingerprint density at radius 1 is 1.16 bits per heavy atom. The fourth-order valence-corrected chi connectivity index (χ4v) is 5.16. The van der Waals surface area contributed by atoms with Gasteiger partial charge in [0.15, 0.2) is 18.5 Å². The minimum Gasteiger partial charge on any atom is -0.451 e. The van der Waals surface area contributed by atoms with Crippen LogP contribution in [-0.2, 0) is 24.3 Å². The van der Waals surface area contributed by atoms with Crippen LogP contribution in [0.25, 0.3) is 0 Å². The van der Waals surface area contributed by atoms with Crippen LogP contribution in [0.1, 0.15) is 62.9 Å². The van der Waals surface area contributed by atoms with Crippen molar-refractivity contribution in [2.24, 2.45) is 0 Å². The van der Waals surface area contributed by atoms with Gasteiger partial charge in [-0.2, -0.15) is 0 Å². The summed E-state index contributed by atoms with van der Waals surface area (Å²) < 4.78 is 37.4. The maximum absolute atomic E-state index is 13.2. The van der Waals surface area contributed by atoms with Crippen LogP contribution in [0.5, 0.6) is 0 Å². The van der Waals surface area contributed by atoms with Crippen LogP contribution in [-0.4, -0.2) is 60.7 Å². The first-order valence-corrected chi connectivity index (χ1v) is 14.0. The molecule has 0 spiro atoms. The molecule has 1 aromatic heterocycles. The van der Waals surface area contributed by atoms with Crippen LogP contribution in [0, 0.1) is 0 Å². The Balaban J connectivity index is 1.73. The molecule has 14 heteroatoms. The summed E-state index contributed by atoms with van der Waals surface area (Å²) in [6.45, 7) is 3.69. The molecule has 3 amide bonds. The zero-order valence-corrected chi connectivity index (χ0v) is 22.5. The molecule has 2 aromatic rings. The van der Waals surface area contributed by atoms with Crippen LogP contribution in [0.2, 0.25) is 5.02 Å². The zero-order chi connectivity index (χ0) is 27.9. The van der Waals surface area contributed by atoms with E-state index in [0.717, 1.165) is 50.8 Å². The number of benzene rings is 1. The van der Waals surface area contributed by atoms with E-state index in [1.807, 2.05) is 0 Å². The lowest BCUT2D eigenvalue weighted by molar-refractivity contribution is -0.133. The van der Waals surface area contributed by atoms with Gasteiger partial charge in [-0.3, -0.25) is 14.4 Å². The number of hydrogen-bond acceptors (Lipinski definition) is 9. The number of ketones is 1. The molecule has 2 unspecified atom stereocenters. The largest absolute Gasteiger partial charge is 0.451 e. The quantitative estimate of drug-likeness (QED) is 0.197. The third-order valence-corrected chi connectivity index (χ3v) is 7.60. The summed E-state index contributed by atoms with van der Waals surface area (Å²) in [4.78, 5) is 54.9. The lowest BCUT2D eigenvalue weighted by Gasteiger charge is -2.22. The van der Waals surface area contributed by atoms with Gasteiger partial charge in [-0.25, -0.2) is 27.8 Å². The summed E-state index contributed by atoms with van der Waals surface area (Å²) in [6, 6.07) is 1.65. The SMILES string of the molecule is CCCCCCCCNS(=O)(=O)c1ccc(NC(=O)C(C(=O)c2cocn2)N2C(=O)OC(C)C2=O)c(Cl)c1. The molecule has 3 rings (SSSR count). The van der Waals surface area contributed by atoms with E-state index in [2.05, 4.69) is 21.9 Å². The molecule has 1 saturated heterocycles. The summed E-state index contributed by atoms with van der Waals surface area (Å²) >= 11 is 6.24. The molecule has 206 valence electrons. The maximum atomic E-state index is 13.2. The molecular weight excluding hydrogens is 540 g/mol. The van der Waals surface area contributed by atoms with Gasteiger partial charge in [0.1, 0.15) is 12.0 Å². The highest BCUT2D eigenvalue weighted by Gasteiger charge is 2.49. The van der Waals surface area contributed by atoms with Crippen LogP contribution >= 0.6 is 11.6 Å². The van der Waals surface area contributed by atoms with Gasteiger partial charge in [-0.05, 0) is 31.5 Å². The van der Waals surface area contributed by atoms with Gasteiger partial charge in [0.25, 0.3) is 11.8 Å². The van der Waals surface area contributed by atoms with Crippen LogP contribution in [0.4, 0.5) is 10.5 Å². The molecule has 1 fully saturated rings. The molecule has 0 saturated carbocycles. The van der Waals surface area contributed by atoms with E-state index in [4.69, 9.17) is 20.8 Å². The predicted molar refractivity (Wildman–Crippen MR) is 136 cm³/mol. The van der Waals surface area contributed by atoms with Gasteiger partial charge < -0.3 is 14.5 Å². The Morgan fingerprint density at radius 2 is 1.87 bits per heavy atom. The lowest BCUT2D eigenvalue weighted by atomic mass is 10.1. The summed E-state index contributed by atoms with van der Waals surface area (Å²) in [5.74, 6) is -2.98. The standard InChI is InChI=1S/C24H29ClN4O8S/c1-3-4-5-6-7-8-11-27-38(34,35)16-9-10-18(17(25)12-16)28-22(31)20(21(30)19-13-36-14-26-19)29-23(32)15(2)37-24(29)33/h9-10,12-15,20,27H,3-8,11H2,1-2H3,(H,28,31). The number of rotatable bonds is 14. The Morgan fingerprint density at radius 3 is 2.47 bits per heavy atom. The minimum absolute atomic E-state index is 0.0439. The maximum Gasteiger partial charge on any atom is 0.418 e. The van der Waals surface area contributed by atoms with Crippen molar-refractivity contribution in [3.05, 3.63) is 41.6 Å². The number of oxazole rings is 1. The van der Waals surface area contributed by atoms with Gasteiger partial charge in [-0.15, -0.1) is 0 Å². The Labute approximate surface area is 225 Å². The molecule has 2 heterocycles. The molecule has 1 aromatic carbocycles. The molecule has 38 heavy (non-hydrogen) atoms. The molecule has 0 bridgehead atoms. The number of imide groups is 1. The molecule has 0 aliphatic carbocycles. The van der Waals surface area contributed by atoms with Crippen LogP contribution < -0.4 is 10.0 Å². The number of halogens is 1. The summed E-state index contributed by atoms with van der Waals surface area (Å²) in [5, 5.41) is 2.23. The molecule has 2 N–H and O–H groups in total. The Bertz CT molecular complexity index is 1280.